The molecule has 1 aromatic carbocycles. The van der Waals surface area contributed by atoms with E-state index in [9.17, 15) is 14.4 Å². The third kappa shape index (κ3) is 7.22. The first kappa shape index (κ1) is 20.6. The Morgan fingerprint density at radius 2 is 1.74 bits per heavy atom. The minimum absolute atomic E-state index is 0.0696. The number of benzene rings is 1. The summed E-state index contributed by atoms with van der Waals surface area (Å²) in [6.07, 6.45) is 0. The Kier molecular flexibility index (Phi) is 7.12. The van der Waals surface area contributed by atoms with Crippen LogP contribution in [0.4, 0.5) is 0 Å². The smallest absolute Gasteiger partial charge is 0.261 e. The molecule has 144 valence electrons. The van der Waals surface area contributed by atoms with E-state index in [2.05, 4.69) is 10.6 Å². The molecule has 2 N–H and O–H groups in total. The van der Waals surface area contributed by atoms with Gasteiger partial charge in [0.15, 0.2) is 0 Å². The first-order valence-corrected chi connectivity index (χ1v) is 9.57. The number of amides is 3. The van der Waals surface area contributed by atoms with E-state index >= 15 is 0 Å². The molecule has 2 rings (SSSR count). The average molecular weight is 388 g/mol. The van der Waals surface area contributed by atoms with Crippen LogP contribution in [-0.4, -0.2) is 41.2 Å². The second-order valence-corrected chi connectivity index (χ2v) is 8.14. The molecular weight excluding hydrogens is 362 g/mol. The second-order valence-electron chi connectivity index (χ2n) is 7.19. The molecule has 6 nitrogen and oxygen atoms in total. The quantitative estimate of drug-likeness (QED) is 0.766. The highest BCUT2D eigenvalue weighted by molar-refractivity contribution is 7.12. The van der Waals surface area contributed by atoms with E-state index in [4.69, 9.17) is 0 Å². The molecule has 0 saturated carbocycles. The Labute approximate surface area is 163 Å². The summed E-state index contributed by atoms with van der Waals surface area (Å²) in [7, 11) is 0. The second kappa shape index (κ2) is 9.32. The zero-order valence-electron chi connectivity index (χ0n) is 15.8. The van der Waals surface area contributed by atoms with Crippen LogP contribution in [0.1, 0.15) is 36.0 Å². The lowest BCUT2D eigenvalue weighted by molar-refractivity contribution is -0.136. The summed E-state index contributed by atoms with van der Waals surface area (Å²) in [4.78, 5) is 39.0. The lowest BCUT2D eigenvalue weighted by atomic mass is 10.1. The molecule has 1 heterocycles. The van der Waals surface area contributed by atoms with E-state index in [1.54, 1.807) is 17.5 Å². The number of carbonyl (C=O) groups is 3. The van der Waals surface area contributed by atoms with Gasteiger partial charge in [-0.05, 0) is 37.8 Å². The molecule has 0 unspecified atom stereocenters. The molecular formula is C20H25N3O3S. The van der Waals surface area contributed by atoms with Crippen molar-refractivity contribution in [3.63, 3.8) is 0 Å². The minimum atomic E-state index is -0.383. The van der Waals surface area contributed by atoms with Crippen LogP contribution in [0.2, 0.25) is 0 Å². The van der Waals surface area contributed by atoms with Crippen LogP contribution in [0.15, 0.2) is 47.8 Å². The molecule has 7 heteroatoms. The number of thiophene rings is 1. The van der Waals surface area contributed by atoms with Crippen LogP contribution in [0.5, 0.6) is 0 Å². The Bertz CT molecular complexity index is 768. The van der Waals surface area contributed by atoms with Crippen molar-refractivity contribution in [3.8, 4) is 0 Å². The third-order valence-corrected chi connectivity index (χ3v) is 4.43. The van der Waals surface area contributed by atoms with E-state index in [-0.39, 0.29) is 36.3 Å². The van der Waals surface area contributed by atoms with Gasteiger partial charge in [0.25, 0.3) is 5.91 Å². The highest BCUT2D eigenvalue weighted by Gasteiger charge is 2.21. The van der Waals surface area contributed by atoms with Crippen LogP contribution in [0, 0.1) is 0 Å². The highest BCUT2D eigenvalue weighted by Crippen LogP contribution is 2.08. The molecule has 0 fully saturated rings. The van der Waals surface area contributed by atoms with Crippen molar-refractivity contribution in [2.24, 2.45) is 0 Å². The van der Waals surface area contributed by atoms with Crippen molar-refractivity contribution in [2.45, 2.75) is 32.9 Å². The van der Waals surface area contributed by atoms with Gasteiger partial charge < -0.3 is 15.5 Å². The van der Waals surface area contributed by atoms with Crippen LogP contribution in [0.25, 0.3) is 0 Å². The lowest BCUT2D eigenvalue weighted by Crippen LogP contribution is -2.48. The molecule has 0 bridgehead atoms. The maximum atomic E-state index is 12.7. The van der Waals surface area contributed by atoms with Crippen molar-refractivity contribution >= 4 is 29.1 Å². The van der Waals surface area contributed by atoms with Crippen molar-refractivity contribution in [1.82, 2.24) is 15.5 Å². The molecule has 2 aromatic rings. The number of nitrogens with zero attached hydrogens (tertiary/aromatic N) is 1. The Morgan fingerprint density at radius 1 is 1.04 bits per heavy atom. The maximum absolute atomic E-state index is 12.7. The summed E-state index contributed by atoms with van der Waals surface area (Å²) in [6.45, 7) is 5.72. The summed E-state index contributed by atoms with van der Waals surface area (Å²) in [6, 6.07) is 12.9. The molecule has 1 aromatic heterocycles. The molecule has 0 radical (unpaired) electrons. The van der Waals surface area contributed by atoms with Gasteiger partial charge in [-0.1, -0.05) is 36.4 Å². The van der Waals surface area contributed by atoms with Crippen molar-refractivity contribution in [1.29, 1.82) is 0 Å². The van der Waals surface area contributed by atoms with Gasteiger partial charge in [0.1, 0.15) is 0 Å². The number of nitrogens with one attached hydrogen (secondary N) is 2. The van der Waals surface area contributed by atoms with Crippen LogP contribution in [0.3, 0.4) is 0 Å². The SMILES string of the molecule is CC(C)(C)NC(=O)CN(Cc1ccccc1)C(=O)CNC(=O)c1cccs1. The zero-order chi connectivity index (χ0) is 19.9. The van der Waals surface area contributed by atoms with E-state index in [0.29, 0.717) is 11.4 Å². The van der Waals surface area contributed by atoms with Crippen LogP contribution in [-0.2, 0) is 16.1 Å². The first-order chi connectivity index (χ1) is 12.7. The fraction of sp³-hybridized carbons (Fsp3) is 0.350. The summed E-state index contributed by atoms with van der Waals surface area (Å²) in [5, 5.41) is 7.28. The van der Waals surface area contributed by atoms with Crippen LogP contribution >= 0.6 is 11.3 Å². The molecule has 0 spiro atoms. The van der Waals surface area contributed by atoms with Crippen molar-refractivity contribution < 1.29 is 14.4 Å². The topological polar surface area (TPSA) is 78.5 Å². The minimum Gasteiger partial charge on any atom is -0.350 e. The van der Waals surface area contributed by atoms with Gasteiger partial charge in [0.05, 0.1) is 18.0 Å². The molecule has 3 amide bonds. The summed E-state index contributed by atoms with van der Waals surface area (Å²) in [5.41, 5.74) is 0.533. The summed E-state index contributed by atoms with van der Waals surface area (Å²) in [5.74, 6) is -0.846. The van der Waals surface area contributed by atoms with Gasteiger partial charge in [-0.25, -0.2) is 0 Å². The largest absolute Gasteiger partial charge is 0.350 e. The number of hydrogen-bond donors (Lipinski definition) is 2. The molecule has 0 aliphatic rings. The van der Waals surface area contributed by atoms with Gasteiger partial charge >= 0.3 is 0 Å². The van der Waals surface area contributed by atoms with Crippen molar-refractivity contribution in [2.75, 3.05) is 13.1 Å². The summed E-state index contributed by atoms with van der Waals surface area (Å²) >= 11 is 1.31. The predicted octanol–water partition coefficient (Wildman–Crippen LogP) is 2.42. The molecule has 27 heavy (non-hydrogen) atoms. The number of carbonyl (C=O) groups excluding carboxylic acids is 3. The average Bonchev–Trinajstić information content (AvgIpc) is 3.12. The maximum Gasteiger partial charge on any atom is 0.261 e. The van der Waals surface area contributed by atoms with Gasteiger partial charge in [-0.3, -0.25) is 14.4 Å². The Morgan fingerprint density at radius 3 is 2.33 bits per heavy atom. The van der Waals surface area contributed by atoms with E-state index in [0.717, 1.165) is 5.56 Å². The van der Waals surface area contributed by atoms with E-state index in [1.807, 2.05) is 51.1 Å². The Hall–Kier alpha value is -2.67. The standard InChI is InChI=1S/C20H25N3O3S/c1-20(2,3)22-17(24)14-23(13-15-8-5-4-6-9-15)18(25)12-21-19(26)16-10-7-11-27-16/h4-11H,12-14H2,1-3H3,(H,21,26)(H,22,24). The molecule has 0 atom stereocenters. The van der Waals surface area contributed by atoms with Gasteiger partial charge in [-0.2, -0.15) is 0 Å². The number of hydrogen-bond acceptors (Lipinski definition) is 4. The predicted molar refractivity (Wildman–Crippen MR) is 106 cm³/mol. The van der Waals surface area contributed by atoms with Gasteiger partial charge in [0, 0.05) is 12.1 Å². The van der Waals surface area contributed by atoms with Gasteiger partial charge in [-0.15, -0.1) is 11.3 Å². The number of rotatable bonds is 7. The third-order valence-electron chi connectivity index (χ3n) is 3.56. The van der Waals surface area contributed by atoms with Gasteiger partial charge in [0.2, 0.25) is 11.8 Å². The zero-order valence-corrected chi connectivity index (χ0v) is 16.6. The van der Waals surface area contributed by atoms with E-state index in [1.165, 1.54) is 16.2 Å². The monoisotopic (exact) mass is 387 g/mol. The molecule has 0 aliphatic carbocycles. The van der Waals surface area contributed by atoms with Crippen molar-refractivity contribution in [3.05, 3.63) is 58.3 Å². The Balaban J connectivity index is 2.02. The summed E-state index contributed by atoms with van der Waals surface area (Å²) < 4.78 is 0. The van der Waals surface area contributed by atoms with E-state index < -0.39 is 0 Å². The first-order valence-electron chi connectivity index (χ1n) is 8.69. The molecule has 0 aliphatic heterocycles. The molecule has 0 saturated heterocycles. The fourth-order valence-corrected chi connectivity index (χ4v) is 3.07. The highest BCUT2D eigenvalue weighted by atomic mass is 32.1. The normalized spacial score (nSPS) is 10.9. The lowest BCUT2D eigenvalue weighted by Gasteiger charge is -2.26. The van der Waals surface area contributed by atoms with Crippen LogP contribution < -0.4 is 10.6 Å². The fourth-order valence-electron chi connectivity index (χ4n) is 2.43.